The van der Waals surface area contributed by atoms with Gasteiger partial charge in [-0.1, -0.05) is 6.42 Å². The van der Waals surface area contributed by atoms with Gasteiger partial charge in [0.2, 0.25) is 0 Å². The molecule has 1 aliphatic carbocycles. The third kappa shape index (κ3) is 2.63. The van der Waals surface area contributed by atoms with Crippen molar-refractivity contribution < 1.29 is 14.2 Å². The highest BCUT2D eigenvalue weighted by atomic mass is 16.5. The molecule has 0 bridgehead atoms. The van der Waals surface area contributed by atoms with Gasteiger partial charge >= 0.3 is 0 Å². The van der Waals surface area contributed by atoms with Crippen LogP contribution in [0.5, 0.6) is 17.2 Å². The van der Waals surface area contributed by atoms with Crippen LogP contribution in [0.4, 0.5) is 0 Å². The lowest BCUT2D eigenvalue weighted by molar-refractivity contribution is 0.234. The third-order valence-corrected chi connectivity index (χ3v) is 4.00. The molecule has 1 aliphatic rings. The Bertz CT molecular complexity index is 430. The van der Waals surface area contributed by atoms with E-state index in [1.54, 1.807) is 21.3 Å². The number of methoxy groups -OCH3 is 3. The summed E-state index contributed by atoms with van der Waals surface area (Å²) in [5, 5.41) is 3.41. The number of hydrogen-bond donors (Lipinski definition) is 1. The Morgan fingerprint density at radius 2 is 1.58 bits per heavy atom. The van der Waals surface area contributed by atoms with Crippen LogP contribution in [0.2, 0.25) is 0 Å². The van der Waals surface area contributed by atoms with Crippen molar-refractivity contribution in [3.63, 3.8) is 0 Å². The largest absolute Gasteiger partial charge is 0.496 e. The highest BCUT2D eigenvalue weighted by Gasteiger charge is 2.30. The minimum absolute atomic E-state index is 0.309. The predicted molar refractivity (Wildman–Crippen MR) is 75.2 cm³/mol. The number of rotatable bonds is 6. The van der Waals surface area contributed by atoms with Crippen LogP contribution in [0.15, 0.2) is 12.1 Å². The van der Waals surface area contributed by atoms with Crippen LogP contribution in [0.25, 0.3) is 0 Å². The molecule has 2 rings (SSSR count). The van der Waals surface area contributed by atoms with E-state index in [9.17, 15) is 0 Å². The summed E-state index contributed by atoms with van der Waals surface area (Å²) in [7, 11) is 6.99. The summed E-state index contributed by atoms with van der Waals surface area (Å²) in [5.74, 6) is 2.98. The second-order valence-corrected chi connectivity index (χ2v) is 4.91. The van der Waals surface area contributed by atoms with Gasteiger partial charge in [-0.25, -0.2) is 0 Å². The van der Waals surface area contributed by atoms with Gasteiger partial charge in [0, 0.05) is 17.7 Å². The SMILES string of the molecule is CNC(c1cc(OC)c(OC)cc1OC)C1CCC1. The fraction of sp³-hybridized carbons (Fsp3) is 0.600. The molecule has 4 nitrogen and oxygen atoms in total. The second kappa shape index (κ2) is 6.15. The van der Waals surface area contributed by atoms with Crippen molar-refractivity contribution in [2.45, 2.75) is 25.3 Å². The van der Waals surface area contributed by atoms with Crippen molar-refractivity contribution in [3.05, 3.63) is 17.7 Å². The minimum Gasteiger partial charge on any atom is -0.496 e. The summed E-state index contributed by atoms with van der Waals surface area (Å²) in [4.78, 5) is 0. The van der Waals surface area contributed by atoms with E-state index < -0.39 is 0 Å². The highest BCUT2D eigenvalue weighted by Crippen LogP contribution is 2.44. The monoisotopic (exact) mass is 265 g/mol. The van der Waals surface area contributed by atoms with Crippen molar-refractivity contribution in [1.82, 2.24) is 5.32 Å². The maximum atomic E-state index is 5.51. The highest BCUT2D eigenvalue weighted by molar-refractivity contribution is 5.52. The zero-order valence-electron chi connectivity index (χ0n) is 12.2. The van der Waals surface area contributed by atoms with Crippen LogP contribution in [0, 0.1) is 5.92 Å². The van der Waals surface area contributed by atoms with E-state index in [0.717, 1.165) is 17.1 Å². The molecular weight excluding hydrogens is 242 g/mol. The Balaban J connectivity index is 2.41. The van der Waals surface area contributed by atoms with Crippen LogP contribution >= 0.6 is 0 Å². The molecule has 0 aliphatic heterocycles. The standard InChI is InChI=1S/C15H23NO3/c1-16-15(10-6-5-7-10)11-8-13(18-3)14(19-4)9-12(11)17-2/h8-10,15-16H,5-7H2,1-4H3. The molecule has 106 valence electrons. The van der Waals surface area contributed by atoms with Crippen LogP contribution < -0.4 is 19.5 Å². The normalized spacial score (nSPS) is 16.6. The van der Waals surface area contributed by atoms with Crippen molar-refractivity contribution in [2.24, 2.45) is 5.92 Å². The average molecular weight is 265 g/mol. The minimum atomic E-state index is 0.309. The molecule has 1 unspecified atom stereocenters. The Morgan fingerprint density at radius 3 is 2.00 bits per heavy atom. The number of hydrogen-bond acceptors (Lipinski definition) is 4. The van der Waals surface area contributed by atoms with E-state index in [2.05, 4.69) is 5.32 Å². The van der Waals surface area contributed by atoms with Gasteiger partial charge in [-0.2, -0.15) is 0 Å². The fourth-order valence-electron chi connectivity index (χ4n) is 2.71. The van der Waals surface area contributed by atoms with Crippen molar-refractivity contribution in [3.8, 4) is 17.2 Å². The second-order valence-electron chi connectivity index (χ2n) is 4.91. The summed E-state index contributed by atoms with van der Waals surface area (Å²) in [5.41, 5.74) is 1.15. The molecular formula is C15H23NO3. The van der Waals surface area contributed by atoms with Crippen LogP contribution in [-0.4, -0.2) is 28.4 Å². The summed E-state index contributed by atoms with van der Waals surface area (Å²) in [6, 6.07) is 4.23. The molecule has 1 N–H and O–H groups in total. The fourth-order valence-corrected chi connectivity index (χ4v) is 2.71. The first kappa shape index (κ1) is 14.0. The van der Waals surface area contributed by atoms with Gasteiger partial charge in [-0.05, 0) is 31.9 Å². The topological polar surface area (TPSA) is 39.7 Å². The van der Waals surface area contributed by atoms with E-state index in [-0.39, 0.29) is 0 Å². The van der Waals surface area contributed by atoms with Crippen LogP contribution in [0.1, 0.15) is 30.9 Å². The van der Waals surface area contributed by atoms with Crippen molar-refractivity contribution in [2.75, 3.05) is 28.4 Å². The van der Waals surface area contributed by atoms with E-state index in [0.29, 0.717) is 17.7 Å². The predicted octanol–water partition coefficient (Wildman–Crippen LogP) is 2.77. The molecule has 1 aromatic rings. The quantitative estimate of drug-likeness (QED) is 0.858. The number of benzene rings is 1. The first-order chi connectivity index (χ1) is 9.24. The molecule has 1 fully saturated rings. The molecule has 0 aromatic heterocycles. The van der Waals surface area contributed by atoms with Crippen molar-refractivity contribution in [1.29, 1.82) is 0 Å². The first-order valence-electron chi connectivity index (χ1n) is 6.72. The Kier molecular flexibility index (Phi) is 4.53. The van der Waals surface area contributed by atoms with Gasteiger partial charge in [-0.15, -0.1) is 0 Å². The molecule has 0 radical (unpaired) electrons. The summed E-state index contributed by atoms with van der Waals surface area (Å²) in [6.07, 6.45) is 3.85. The van der Waals surface area contributed by atoms with Crippen LogP contribution in [-0.2, 0) is 0 Å². The Morgan fingerprint density at radius 1 is 1.00 bits per heavy atom. The molecule has 19 heavy (non-hydrogen) atoms. The lowest BCUT2D eigenvalue weighted by Crippen LogP contribution is -2.30. The lowest BCUT2D eigenvalue weighted by Gasteiger charge is -2.34. The Hall–Kier alpha value is -1.42. The number of nitrogens with one attached hydrogen (secondary N) is 1. The Labute approximate surface area is 115 Å². The summed E-state index contributed by atoms with van der Waals surface area (Å²) >= 11 is 0. The zero-order chi connectivity index (χ0) is 13.8. The molecule has 4 heteroatoms. The zero-order valence-corrected chi connectivity index (χ0v) is 12.2. The molecule has 0 heterocycles. The molecule has 1 atom stereocenters. The van der Waals surface area contributed by atoms with Gasteiger partial charge in [0.05, 0.1) is 21.3 Å². The van der Waals surface area contributed by atoms with Crippen molar-refractivity contribution >= 4 is 0 Å². The first-order valence-corrected chi connectivity index (χ1v) is 6.72. The molecule has 0 spiro atoms. The maximum absolute atomic E-state index is 5.51. The lowest BCUT2D eigenvalue weighted by atomic mass is 9.77. The summed E-state index contributed by atoms with van der Waals surface area (Å²) < 4.78 is 16.2. The van der Waals surface area contributed by atoms with Gasteiger partial charge in [-0.3, -0.25) is 0 Å². The molecule has 1 aromatic carbocycles. The van der Waals surface area contributed by atoms with Gasteiger partial charge in [0.25, 0.3) is 0 Å². The van der Waals surface area contributed by atoms with E-state index >= 15 is 0 Å². The average Bonchev–Trinajstić information content (AvgIpc) is 2.40. The third-order valence-electron chi connectivity index (χ3n) is 4.00. The smallest absolute Gasteiger partial charge is 0.164 e. The van der Waals surface area contributed by atoms with Gasteiger partial charge in [0.15, 0.2) is 11.5 Å². The van der Waals surface area contributed by atoms with Gasteiger partial charge in [0.1, 0.15) is 5.75 Å². The maximum Gasteiger partial charge on any atom is 0.164 e. The van der Waals surface area contributed by atoms with Crippen LogP contribution in [0.3, 0.4) is 0 Å². The molecule has 0 amide bonds. The van der Waals surface area contributed by atoms with E-state index in [1.807, 2.05) is 19.2 Å². The van der Waals surface area contributed by atoms with E-state index in [1.165, 1.54) is 19.3 Å². The van der Waals surface area contributed by atoms with E-state index in [4.69, 9.17) is 14.2 Å². The number of ether oxygens (including phenoxy) is 3. The molecule has 1 saturated carbocycles. The van der Waals surface area contributed by atoms with Gasteiger partial charge < -0.3 is 19.5 Å². The summed E-state index contributed by atoms with van der Waals surface area (Å²) in [6.45, 7) is 0. The molecule has 0 saturated heterocycles.